The molecule has 0 spiro atoms. The van der Waals surface area contributed by atoms with E-state index < -0.39 is 0 Å². The van der Waals surface area contributed by atoms with Gasteiger partial charge in [-0.1, -0.05) is 49.4 Å². The van der Waals surface area contributed by atoms with Crippen molar-refractivity contribution >= 4 is 22.5 Å². The third-order valence-corrected chi connectivity index (χ3v) is 4.74. The Morgan fingerprint density at radius 1 is 1.08 bits per heavy atom. The number of amides is 1. The Labute approximate surface area is 141 Å². The standard InChI is InChI=1S/C21H20N2O/c1-2-15-8-5-9-17-10-6-14-23(20(15)17)21(24)19-13-12-16-7-3-4-11-18(16)22-19/h3-5,7-9,11-13H,2,6,10,14H2,1H3. The average molecular weight is 316 g/mol. The summed E-state index contributed by atoms with van der Waals surface area (Å²) < 4.78 is 0. The molecule has 3 aromatic rings. The topological polar surface area (TPSA) is 33.2 Å². The molecule has 0 saturated carbocycles. The Balaban J connectivity index is 1.78. The molecule has 0 atom stereocenters. The van der Waals surface area contributed by atoms with Crippen molar-refractivity contribution in [2.75, 3.05) is 11.4 Å². The van der Waals surface area contributed by atoms with E-state index in [-0.39, 0.29) is 5.91 Å². The van der Waals surface area contributed by atoms with E-state index in [1.807, 2.05) is 41.3 Å². The van der Waals surface area contributed by atoms with Crippen molar-refractivity contribution in [2.24, 2.45) is 0 Å². The van der Waals surface area contributed by atoms with Crippen LogP contribution >= 0.6 is 0 Å². The quantitative estimate of drug-likeness (QED) is 0.702. The third-order valence-electron chi connectivity index (χ3n) is 4.74. The molecule has 2 aromatic carbocycles. The Bertz CT molecular complexity index is 902. The number of fused-ring (bicyclic) bond motifs is 2. The van der Waals surface area contributed by atoms with Gasteiger partial charge in [0.15, 0.2) is 0 Å². The van der Waals surface area contributed by atoms with Crippen molar-refractivity contribution in [1.82, 2.24) is 4.98 Å². The van der Waals surface area contributed by atoms with E-state index in [1.54, 1.807) is 0 Å². The summed E-state index contributed by atoms with van der Waals surface area (Å²) in [6, 6.07) is 18.1. The van der Waals surface area contributed by atoms with Crippen LogP contribution < -0.4 is 4.90 Å². The Kier molecular flexibility index (Phi) is 3.77. The first-order chi connectivity index (χ1) is 11.8. The number of aryl methyl sites for hydroxylation is 2. The fourth-order valence-corrected chi connectivity index (χ4v) is 3.54. The van der Waals surface area contributed by atoms with Crippen LogP contribution in [-0.4, -0.2) is 17.4 Å². The van der Waals surface area contributed by atoms with Gasteiger partial charge in [-0.15, -0.1) is 0 Å². The van der Waals surface area contributed by atoms with Crippen molar-refractivity contribution in [3.8, 4) is 0 Å². The molecule has 0 unspecified atom stereocenters. The summed E-state index contributed by atoms with van der Waals surface area (Å²) >= 11 is 0. The summed E-state index contributed by atoms with van der Waals surface area (Å²) in [5.74, 6) is 0.00241. The zero-order valence-electron chi connectivity index (χ0n) is 13.8. The normalized spacial score (nSPS) is 13.8. The molecule has 1 aliphatic rings. The molecular weight excluding hydrogens is 296 g/mol. The van der Waals surface area contributed by atoms with E-state index in [4.69, 9.17) is 0 Å². The van der Waals surface area contributed by atoms with Crippen LogP contribution in [0.3, 0.4) is 0 Å². The molecule has 1 aliphatic heterocycles. The van der Waals surface area contributed by atoms with Crippen molar-refractivity contribution in [3.63, 3.8) is 0 Å². The maximum Gasteiger partial charge on any atom is 0.276 e. The maximum absolute atomic E-state index is 13.1. The summed E-state index contributed by atoms with van der Waals surface area (Å²) in [6.45, 7) is 2.90. The van der Waals surface area contributed by atoms with Gasteiger partial charge in [-0.05, 0) is 42.5 Å². The van der Waals surface area contributed by atoms with E-state index in [2.05, 4.69) is 30.1 Å². The molecule has 0 fully saturated rings. The zero-order chi connectivity index (χ0) is 16.5. The zero-order valence-corrected chi connectivity index (χ0v) is 13.8. The molecule has 1 amide bonds. The minimum absolute atomic E-state index is 0.00241. The van der Waals surface area contributed by atoms with E-state index >= 15 is 0 Å². The highest BCUT2D eigenvalue weighted by Crippen LogP contribution is 2.32. The first-order valence-corrected chi connectivity index (χ1v) is 8.56. The molecule has 0 radical (unpaired) electrons. The van der Waals surface area contributed by atoms with E-state index in [9.17, 15) is 4.79 Å². The second-order valence-electron chi connectivity index (χ2n) is 6.23. The number of carbonyl (C=O) groups excluding carboxylic acids is 1. The van der Waals surface area contributed by atoms with Gasteiger partial charge < -0.3 is 4.90 Å². The molecule has 3 heteroatoms. The maximum atomic E-state index is 13.1. The number of aromatic nitrogens is 1. The van der Waals surface area contributed by atoms with Crippen LogP contribution in [0.25, 0.3) is 10.9 Å². The number of pyridine rings is 1. The van der Waals surface area contributed by atoms with E-state index in [1.165, 1.54) is 11.1 Å². The number of hydrogen-bond acceptors (Lipinski definition) is 2. The first kappa shape index (κ1) is 14.9. The highest BCUT2D eigenvalue weighted by Gasteiger charge is 2.26. The SMILES string of the molecule is CCc1cccc2c1N(C(=O)c1ccc3ccccc3n1)CCC2. The van der Waals surface area contributed by atoms with Crippen LogP contribution in [0.2, 0.25) is 0 Å². The number of nitrogens with zero attached hydrogens (tertiary/aromatic N) is 2. The Morgan fingerprint density at radius 3 is 2.83 bits per heavy atom. The lowest BCUT2D eigenvalue weighted by Gasteiger charge is -2.31. The Hall–Kier alpha value is -2.68. The van der Waals surface area contributed by atoms with Gasteiger partial charge in [0, 0.05) is 11.9 Å². The summed E-state index contributed by atoms with van der Waals surface area (Å²) in [6.07, 6.45) is 2.97. The lowest BCUT2D eigenvalue weighted by atomic mass is 9.96. The molecule has 24 heavy (non-hydrogen) atoms. The fourth-order valence-electron chi connectivity index (χ4n) is 3.54. The van der Waals surface area contributed by atoms with Gasteiger partial charge in [0.2, 0.25) is 0 Å². The second-order valence-corrected chi connectivity index (χ2v) is 6.23. The van der Waals surface area contributed by atoms with Gasteiger partial charge in [0.25, 0.3) is 5.91 Å². The predicted molar refractivity (Wildman–Crippen MR) is 97.6 cm³/mol. The van der Waals surface area contributed by atoms with Crippen LogP contribution in [0.4, 0.5) is 5.69 Å². The number of hydrogen-bond donors (Lipinski definition) is 0. The minimum Gasteiger partial charge on any atom is -0.306 e. The van der Waals surface area contributed by atoms with Gasteiger partial charge in [-0.25, -0.2) is 4.98 Å². The molecular formula is C21H20N2O. The molecule has 0 aliphatic carbocycles. The second kappa shape index (κ2) is 6.08. The number of rotatable bonds is 2. The van der Waals surface area contributed by atoms with Gasteiger partial charge in [-0.3, -0.25) is 4.79 Å². The lowest BCUT2D eigenvalue weighted by molar-refractivity contribution is 0.0980. The molecule has 120 valence electrons. The predicted octanol–water partition coefficient (Wildman–Crippen LogP) is 4.39. The van der Waals surface area contributed by atoms with Crippen molar-refractivity contribution < 1.29 is 4.79 Å². The third kappa shape index (κ3) is 2.46. The van der Waals surface area contributed by atoms with Gasteiger partial charge in [0.05, 0.1) is 11.2 Å². The molecule has 4 rings (SSSR count). The highest BCUT2D eigenvalue weighted by molar-refractivity contribution is 6.07. The molecule has 0 bridgehead atoms. The van der Waals surface area contributed by atoms with Crippen LogP contribution in [0, 0.1) is 0 Å². The van der Waals surface area contributed by atoms with E-state index in [0.29, 0.717) is 5.69 Å². The van der Waals surface area contributed by atoms with Gasteiger partial charge >= 0.3 is 0 Å². The monoisotopic (exact) mass is 316 g/mol. The largest absolute Gasteiger partial charge is 0.306 e. The Morgan fingerprint density at radius 2 is 1.96 bits per heavy atom. The smallest absolute Gasteiger partial charge is 0.276 e. The number of benzene rings is 2. The van der Waals surface area contributed by atoms with Gasteiger partial charge in [0.1, 0.15) is 5.69 Å². The number of carbonyl (C=O) groups is 1. The molecule has 1 aromatic heterocycles. The minimum atomic E-state index is 0.00241. The molecule has 2 heterocycles. The molecule has 3 nitrogen and oxygen atoms in total. The van der Waals surface area contributed by atoms with Crippen molar-refractivity contribution in [3.05, 3.63) is 71.4 Å². The van der Waals surface area contributed by atoms with Crippen LogP contribution in [0.1, 0.15) is 35.0 Å². The average Bonchev–Trinajstić information content (AvgIpc) is 2.66. The molecule has 0 saturated heterocycles. The number of anilines is 1. The van der Waals surface area contributed by atoms with Crippen LogP contribution in [0.15, 0.2) is 54.6 Å². The van der Waals surface area contributed by atoms with Crippen molar-refractivity contribution in [2.45, 2.75) is 26.2 Å². The highest BCUT2D eigenvalue weighted by atomic mass is 16.2. The summed E-state index contributed by atoms with van der Waals surface area (Å²) in [7, 11) is 0. The van der Waals surface area contributed by atoms with Crippen LogP contribution in [-0.2, 0) is 12.8 Å². The first-order valence-electron chi connectivity index (χ1n) is 8.56. The van der Waals surface area contributed by atoms with Gasteiger partial charge in [-0.2, -0.15) is 0 Å². The van der Waals surface area contributed by atoms with Crippen LogP contribution in [0.5, 0.6) is 0 Å². The fraction of sp³-hybridized carbons (Fsp3) is 0.238. The lowest BCUT2D eigenvalue weighted by Crippen LogP contribution is -2.36. The number of para-hydroxylation sites is 2. The van der Waals surface area contributed by atoms with Crippen molar-refractivity contribution in [1.29, 1.82) is 0 Å². The van der Waals surface area contributed by atoms with E-state index in [0.717, 1.165) is 42.4 Å². The summed E-state index contributed by atoms with van der Waals surface area (Å²) in [5, 5.41) is 1.06. The summed E-state index contributed by atoms with van der Waals surface area (Å²) in [4.78, 5) is 19.7. The molecule has 0 N–H and O–H groups in total. The summed E-state index contributed by atoms with van der Waals surface area (Å²) in [5.41, 5.74) is 5.00.